The summed E-state index contributed by atoms with van der Waals surface area (Å²) < 4.78 is 4.27. The zero-order valence-electron chi connectivity index (χ0n) is 13.1. The lowest BCUT2D eigenvalue weighted by Crippen LogP contribution is -2.33. The minimum atomic E-state index is -1.96. The quantitative estimate of drug-likeness (QED) is 0.811. The minimum Gasteiger partial charge on any atom is -0.648 e. The number of benzene rings is 2. The number of hydrogen-bond donors (Lipinski definition) is 0. The molecule has 0 aliphatic carbocycles. The van der Waals surface area contributed by atoms with Gasteiger partial charge in [0.2, 0.25) is 0 Å². The first-order chi connectivity index (χ1) is 10.7. The molecule has 0 amide bonds. The van der Waals surface area contributed by atoms with Crippen LogP contribution in [0.5, 0.6) is 0 Å². The Bertz CT molecular complexity index is 591. The van der Waals surface area contributed by atoms with E-state index in [0.29, 0.717) is 12.0 Å². The lowest BCUT2D eigenvalue weighted by Gasteiger charge is -2.28. The van der Waals surface area contributed by atoms with Gasteiger partial charge in [0, 0.05) is 0 Å². The van der Waals surface area contributed by atoms with Crippen molar-refractivity contribution in [1.82, 2.24) is 4.67 Å². The molecule has 3 rings (SSSR count). The lowest BCUT2D eigenvalue weighted by atomic mass is 10.0. The maximum absolute atomic E-state index is 13.1. The van der Waals surface area contributed by atoms with Gasteiger partial charge in [-0.15, -0.1) is 0 Å². The fraction of sp³-hybridized carbons (Fsp3) is 0.333. The van der Waals surface area contributed by atoms with E-state index in [-0.39, 0.29) is 0 Å². The molecule has 1 heterocycles. The Morgan fingerprint density at radius 3 is 2.23 bits per heavy atom. The van der Waals surface area contributed by atoms with E-state index in [1.807, 2.05) is 48.5 Å². The Balaban J connectivity index is 1.84. The fourth-order valence-electron chi connectivity index (χ4n) is 3.02. The topological polar surface area (TPSA) is 29.5 Å². The van der Waals surface area contributed by atoms with Gasteiger partial charge >= 0.3 is 0 Å². The van der Waals surface area contributed by atoms with Crippen LogP contribution in [0.4, 0.5) is 5.69 Å². The molecule has 1 fully saturated rings. The molecule has 1 aliphatic heterocycles. The third-order valence-corrected chi connectivity index (χ3v) is 6.16. The second-order valence-corrected chi connectivity index (χ2v) is 7.83. The molecule has 2 aromatic rings. The minimum absolute atomic E-state index is 0.326. The van der Waals surface area contributed by atoms with Crippen LogP contribution >= 0.6 is 8.45 Å². The van der Waals surface area contributed by atoms with Crippen molar-refractivity contribution in [3.8, 4) is 0 Å². The molecule has 1 aliphatic rings. The summed E-state index contributed by atoms with van der Waals surface area (Å²) in [6.45, 7) is 6.02. The molecule has 116 valence electrons. The zero-order chi connectivity index (χ0) is 15.5. The summed E-state index contributed by atoms with van der Waals surface area (Å²) in [6, 6.07) is 20.8. The first-order valence-electron chi connectivity index (χ1n) is 7.84. The van der Waals surface area contributed by atoms with Crippen molar-refractivity contribution in [3.63, 3.8) is 0 Å². The largest absolute Gasteiger partial charge is 0.648 e. The smallest absolute Gasteiger partial charge is 0.117 e. The average Bonchev–Trinajstić information content (AvgIpc) is 2.87. The van der Waals surface area contributed by atoms with Gasteiger partial charge in [-0.1, -0.05) is 62.4 Å². The van der Waals surface area contributed by atoms with E-state index in [1.165, 1.54) is 5.56 Å². The summed E-state index contributed by atoms with van der Waals surface area (Å²) in [7, 11) is -1.96. The summed E-state index contributed by atoms with van der Waals surface area (Å²) in [6.07, 6.45) is 0. The SMILES string of the molecule is CC(C)[C@H]1CN(c2ccccc2)[PH+]([O-])N1Cc1ccccc1. The molecule has 0 N–H and O–H groups in total. The first kappa shape index (κ1) is 15.5. The Hall–Kier alpha value is -1.41. The van der Waals surface area contributed by atoms with E-state index in [4.69, 9.17) is 0 Å². The monoisotopic (exact) mass is 314 g/mol. The number of para-hydroxylation sites is 1. The number of anilines is 1. The molecule has 22 heavy (non-hydrogen) atoms. The predicted molar refractivity (Wildman–Crippen MR) is 92.7 cm³/mol. The molecule has 2 aromatic carbocycles. The van der Waals surface area contributed by atoms with E-state index in [2.05, 4.69) is 35.3 Å². The number of rotatable bonds is 4. The summed E-state index contributed by atoms with van der Waals surface area (Å²) in [4.78, 5) is 13.1. The van der Waals surface area contributed by atoms with Gasteiger partial charge in [0.1, 0.15) is 8.45 Å². The zero-order valence-corrected chi connectivity index (χ0v) is 14.1. The van der Waals surface area contributed by atoms with Crippen LogP contribution in [0.1, 0.15) is 19.4 Å². The van der Waals surface area contributed by atoms with Crippen LogP contribution in [-0.2, 0) is 6.54 Å². The molecule has 0 spiro atoms. The normalized spacial score (nSPS) is 22.5. The Morgan fingerprint density at radius 1 is 1.05 bits per heavy atom. The summed E-state index contributed by atoms with van der Waals surface area (Å²) in [5.74, 6) is 0.478. The Kier molecular flexibility index (Phi) is 4.77. The van der Waals surface area contributed by atoms with E-state index in [0.717, 1.165) is 18.8 Å². The van der Waals surface area contributed by atoms with Gasteiger partial charge in [0.15, 0.2) is 0 Å². The third-order valence-electron chi connectivity index (χ3n) is 4.28. The lowest BCUT2D eigenvalue weighted by molar-refractivity contribution is -0.170. The molecule has 0 bridgehead atoms. The molecule has 1 saturated heterocycles. The molecule has 1 unspecified atom stereocenters. The second-order valence-electron chi connectivity index (χ2n) is 6.15. The summed E-state index contributed by atoms with van der Waals surface area (Å²) in [5, 5.41) is 0. The van der Waals surface area contributed by atoms with Gasteiger partial charge in [0.05, 0.1) is 24.8 Å². The highest BCUT2D eigenvalue weighted by Gasteiger charge is 2.42. The van der Waals surface area contributed by atoms with Gasteiger partial charge in [-0.05, 0) is 23.6 Å². The number of hydrogen-bond acceptors (Lipinski definition) is 3. The van der Waals surface area contributed by atoms with Gasteiger partial charge in [0.25, 0.3) is 0 Å². The van der Waals surface area contributed by atoms with Crippen LogP contribution in [0.2, 0.25) is 0 Å². The average molecular weight is 314 g/mol. The summed E-state index contributed by atoms with van der Waals surface area (Å²) >= 11 is 0. The van der Waals surface area contributed by atoms with Gasteiger partial charge < -0.3 is 4.89 Å². The maximum atomic E-state index is 13.1. The second kappa shape index (κ2) is 6.78. The van der Waals surface area contributed by atoms with Gasteiger partial charge in [-0.25, -0.2) is 4.67 Å². The highest BCUT2D eigenvalue weighted by atomic mass is 31.2. The molecule has 4 heteroatoms. The Morgan fingerprint density at radius 2 is 1.64 bits per heavy atom. The van der Waals surface area contributed by atoms with Crippen molar-refractivity contribution in [3.05, 3.63) is 66.2 Å². The summed E-state index contributed by atoms with van der Waals surface area (Å²) in [5.41, 5.74) is 2.29. The van der Waals surface area contributed by atoms with Crippen LogP contribution in [0.25, 0.3) is 0 Å². The van der Waals surface area contributed by atoms with E-state index >= 15 is 0 Å². The van der Waals surface area contributed by atoms with Crippen LogP contribution in [0.3, 0.4) is 0 Å². The van der Waals surface area contributed by atoms with Crippen LogP contribution in [-0.4, -0.2) is 17.3 Å². The van der Waals surface area contributed by atoms with Crippen molar-refractivity contribution >= 4 is 14.1 Å². The molecule has 0 aromatic heterocycles. The van der Waals surface area contributed by atoms with Crippen LogP contribution < -0.4 is 9.56 Å². The molecule has 0 saturated carbocycles. The van der Waals surface area contributed by atoms with Gasteiger partial charge in [-0.2, -0.15) is 4.67 Å². The van der Waals surface area contributed by atoms with Crippen LogP contribution in [0.15, 0.2) is 60.7 Å². The van der Waals surface area contributed by atoms with Crippen LogP contribution in [0, 0.1) is 5.92 Å². The highest BCUT2D eigenvalue weighted by Crippen LogP contribution is 2.49. The highest BCUT2D eigenvalue weighted by molar-refractivity contribution is 7.49. The van der Waals surface area contributed by atoms with Crippen molar-refractivity contribution in [2.24, 2.45) is 5.92 Å². The van der Waals surface area contributed by atoms with Crippen molar-refractivity contribution in [2.75, 3.05) is 11.2 Å². The van der Waals surface area contributed by atoms with Gasteiger partial charge in [-0.3, -0.25) is 0 Å². The first-order valence-corrected chi connectivity index (χ1v) is 9.14. The molecule has 0 radical (unpaired) electrons. The maximum Gasteiger partial charge on any atom is 0.117 e. The standard InChI is InChI=1S/C18H23N2OP/c1-15(2)18-14-19(17-11-7-4-8-12-17)22(21)20(18)13-16-9-5-3-6-10-16/h3-12,15,18,22H,13-14H2,1-2H3/t18-/m1/s1. The predicted octanol–water partition coefficient (Wildman–Crippen LogP) is 3.35. The molecular weight excluding hydrogens is 291 g/mol. The molecule has 3 nitrogen and oxygen atoms in total. The third kappa shape index (κ3) is 3.17. The Labute approximate surface area is 134 Å². The van der Waals surface area contributed by atoms with Crippen molar-refractivity contribution in [1.29, 1.82) is 0 Å². The van der Waals surface area contributed by atoms with E-state index in [9.17, 15) is 4.89 Å². The van der Waals surface area contributed by atoms with E-state index in [1.54, 1.807) is 0 Å². The molecular formula is C18H23N2OP. The number of nitrogens with zero attached hydrogens (tertiary/aromatic N) is 2. The van der Waals surface area contributed by atoms with E-state index < -0.39 is 8.45 Å². The molecule has 2 atom stereocenters. The van der Waals surface area contributed by atoms with Crippen molar-refractivity contribution in [2.45, 2.75) is 26.4 Å². The van der Waals surface area contributed by atoms with Crippen molar-refractivity contribution < 1.29 is 4.89 Å². The fourth-order valence-corrected chi connectivity index (χ4v) is 5.02.